The van der Waals surface area contributed by atoms with Crippen molar-refractivity contribution < 1.29 is 14.3 Å². The lowest BCUT2D eigenvalue weighted by Crippen LogP contribution is -2.38. The van der Waals surface area contributed by atoms with Gasteiger partial charge in [0.15, 0.2) is 17.5 Å². The monoisotopic (exact) mass is 404 g/mol. The number of rotatable bonds is 10. The number of amides is 1. The molecule has 0 atom stereocenters. The average Bonchev–Trinajstić information content (AvgIpc) is 2.95. The lowest BCUT2D eigenvalue weighted by atomic mass is 10.1. The summed E-state index contributed by atoms with van der Waals surface area (Å²) in [5.41, 5.74) is 1.17. The molecule has 2 N–H and O–H groups in total. The van der Waals surface area contributed by atoms with Gasteiger partial charge in [0.05, 0.1) is 14.2 Å². The van der Waals surface area contributed by atoms with Crippen LogP contribution in [0.15, 0.2) is 23.2 Å². The number of aliphatic imine (C=N–C) groups is 1. The van der Waals surface area contributed by atoms with Crippen molar-refractivity contribution in [2.24, 2.45) is 4.99 Å². The number of hydrogen-bond acceptors (Lipinski definition) is 4. The third kappa shape index (κ3) is 7.83. The minimum atomic E-state index is 0.298. The molecule has 0 bridgehead atoms. The summed E-state index contributed by atoms with van der Waals surface area (Å²) in [6, 6.07) is 5.98. The van der Waals surface area contributed by atoms with E-state index in [9.17, 15) is 4.79 Å². The molecule has 1 aromatic rings. The number of likely N-dealkylation sites (tertiary alicyclic amines) is 1. The third-order valence-electron chi connectivity index (χ3n) is 5.03. The van der Waals surface area contributed by atoms with Crippen molar-refractivity contribution in [2.75, 3.05) is 46.9 Å². The normalized spacial score (nSPS) is 15.1. The molecule has 0 saturated carbocycles. The van der Waals surface area contributed by atoms with E-state index in [1.54, 1.807) is 14.2 Å². The quantitative estimate of drug-likeness (QED) is 0.356. The van der Waals surface area contributed by atoms with Gasteiger partial charge >= 0.3 is 0 Å². The Labute approximate surface area is 174 Å². The highest BCUT2D eigenvalue weighted by Crippen LogP contribution is 2.27. The van der Waals surface area contributed by atoms with Crippen LogP contribution in [0.3, 0.4) is 0 Å². The summed E-state index contributed by atoms with van der Waals surface area (Å²) in [5.74, 6) is 2.59. The molecule has 0 radical (unpaired) electrons. The molecule has 1 amide bonds. The SMILES string of the molecule is CCNC(=NCCCN1CCCCCC1=O)NCCc1ccc(OC)c(OC)c1. The Morgan fingerprint density at radius 1 is 1.14 bits per heavy atom. The van der Waals surface area contributed by atoms with E-state index >= 15 is 0 Å². The Bertz CT molecular complexity index is 663. The van der Waals surface area contributed by atoms with Gasteiger partial charge < -0.3 is 25.0 Å². The number of methoxy groups -OCH3 is 2. The van der Waals surface area contributed by atoms with Crippen LogP contribution < -0.4 is 20.1 Å². The van der Waals surface area contributed by atoms with E-state index in [-0.39, 0.29) is 0 Å². The number of ether oxygens (including phenoxy) is 2. The number of guanidine groups is 1. The van der Waals surface area contributed by atoms with Crippen molar-refractivity contribution in [1.82, 2.24) is 15.5 Å². The van der Waals surface area contributed by atoms with Crippen LogP contribution in [0.4, 0.5) is 0 Å². The molecule has 0 spiro atoms. The Balaban J connectivity index is 1.77. The Morgan fingerprint density at radius 3 is 2.72 bits per heavy atom. The van der Waals surface area contributed by atoms with E-state index in [2.05, 4.69) is 22.5 Å². The molecule has 2 rings (SSSR count). The molecule has 7 heteroatoms. The minimum Gasteiger partial charge on any atom is -0.493 e. The van der Waals surface area contributed by atoms with E-state index < -0.39 is 0 Å². The first-order valence-corrected chi connectivity index (χ1v) is 10.7. The van der Waals surface area contributed by atoms with Crippen LogP contribution >= 0.6 is 0 Å². The van der Waals surface area contributed by atoms with Gasteiger partial charge in [0.1, 0.15) is 0 Å². The number of nitrogens with zero attached hydrogens (tertiary/aromatic N) is 2. The average molecular weight is 405 g/mol. The Hall–Kier alpha value is -2.44. The molecular weight excluding hydrogens is 368 g/mol. The van der Waals surface area contributed by atoms with Crippen LogP contribution in [0.2, 0.25) is 0 Å². The summed E-state index contributed by atoms with van der Waals surface area (Å²) in [4.78, 5) is 18.7. The molecule has 1 heterocycles. The zero-order valence-corrected chi connectivity index (χ0v) is 18.1. The number of carbonyl (C=O) groups excluding carboxylic acids is 1. The van der Waals surface area contributed by atoms with Gasteiger partial charge in [-0.3, -0.25) is 9.79 Å². The number of carbonyl (C=O) groups is 1. The first kappa shape index (κ1) is 22.8. The maximum absolute atomic E-state index is 12.1. The largest absolute Gasteiger partial charge is 0.493 e. The predicted molar refractivity (Wildman–Crippen MR) is 117 cm³/mol. The molecule has 0 unspecified atom stereocenters. The van der Waals surface area contributed by atoms with E-state index in [1.807, 2.05) is 23.1 Å². The van der Waals surface area contributed by atoms with E-state index in [0.717, 1.165) is 75.7 Å². The summed E-state index contributed by atoms with van der Waals surface area (Å²) >= 11 is 0. The van der Waals surface area contributed by atoms with Crippen LogP contribution in [0.25, 0.3) is 0 Å². The third-order valence-corrected chi connectivity index (χ3v) is 5.03. The molecule has 7 nitrogen and oxygen atoms in total. The van der Waals surface area contributed by atoms with Crippen LogP contribution in [-0.2, 0) is 11.2 Å². The van der Waals surface area contributed by atoms with Gasteiger partial charge in [-0.05, 0) is 50.3 Å². The fourth-order valence-corrected chi connectivity index (χ4v) is 3.43. The summed E-state index contributed by atoms with van der Waals surface area (Å²) in [6.07, 6.45) is 5.75. The van der Waals surface area contributed by atoms with Crippen molar-refractivity contribution in [3.8, 4) is 11.5 Å². The van der Waals surface area contributed by atoms with Crippen LogP contribution in [-0.4, -0.2) is 63.7 Å². The van der Waals surface area contributed by atoms with Gasteiger partial charge in [-0.15, -0.1) is 0 Å². The zero-order valence-electron chi connectivity index (χ0n) is 18.1. The number of hydrogen-bond donors (Lipinski definition) is 2. The first-order chi connectivity index (χ1) is 14.2. The maximum atomic E-state index is 12.1. The maximum Gasteiger partial charge on any atom is 0.222 e. The molecule has 1 aliphatic rings. The molecule has 162 valence electrons. The standard InChI is InChI=1S/C22H36N4O3/c1-4-23-22(24-13-8-16-26-15-7-5-6-9-21(26)27)25-14-12-18-10-11-19(28-2)20(17-18)29-3/h10-11,17H,4-9,12-16H2,1-3H3,(H2,23,24,25). The molecule has 29 heavy (non-hydrogen) atoms. The predicted octanol–water partition coefficient (Wildman–Crippen LogP) is 2.59. The molecule has 1 saturated heterocycles. The van der Waals surface area contributed by atoms with Crippen molar-refractivity contribution in [3.05, 3.63) is 23.8 Å². The fraction of sp³-hybridized carbons (Fsp3) is 0.636. The molecule has 0 aliphatic carbocycles. The summed E-state index contributed by atoms with van der Waals surface area (Å²) in [7, 11) is 3.29. The topological polar surface area (TPSA) is 75.2 Å². The minimum absolute atomic E-state index is 0.298. The van der Waals surface area contributed by atoms with Crippen LogP contribution in [0.5, 0.6) is 11.5 Å². The highest BCUT2D eigenvalue weighted by atomic mass is 16.5. The fourth-order valence-electron chi connectivity index (χ4n) is 3.43. The molecule has 0 aromatic heterocycles. The zero-order chi connectivity index (χ0) is 20.9. The smallest absolute Gasteiger partial charge is 0.222 e. The molecular formula is C22H36N4O3. The van der Waals surface area contributed by atoms with Gasteiger partial charge in [-0.1, -0.05) is 12.5 Å². The van der Waals surface area contributed by atoms with Gasteiger partial charge in [-0.25, -0.2) is 0 Å². The van der Waals surface area contributed by atoms with E-state index in [0.29, 0.717) is 18.9 Å². The van der Waals surface area contributed by atoms with E-state index in [4.69, 9.17) is 9.47 Å². The van der Waals surface area contributed by atoms with Crippen molar-refractivity contribution >= 4 is 11.9 Å². The molecule has 1 fully saturated rings. The summed E-state index contributed by atoms with van der Waals surface area (Å²) in [5, 5.41) is 6.66. The Kier molecular flexibility index (Phi) is 10.2. The van der Waals surface area contributed by atoms with Gasteiger partial charge in [-0.2, -0.15) is 0 Å². The van der Waals surface area contributed by atoms with Gasteiger partial charge in [0.25, 0.3) is 0 Å². The summed E-state index contributed by atoms with van der Waals surface area (Å²) < 4.78 is 10.6. The number of benzene rings is 1. The first-order valence-electron chi connectivity index (χ1n) is 10.7. The van der Waals surface area contributed by atoms with Crippen LogP contribution in [0, 0.1) is 0 Å². The molecule has 1 aromatic carbocycles. The highest BCUT2D eigenvalue weighted by molar-refractivity contribution is 5.79. The second kappa shape index (κ2) is 12.9. The van der Waals surface area contributed by atoms with Crippen LogP contribution in [0.1, 0.15) is 44.6 Å². The van der Waals surface area contributed by atoms with Gasteiger partial charge in [0.2, 0.25) is 5.91 Å². The lowest BCUT2D eigenvalue weighted by molar-refractivity contribution is -0.130. The second-order valence-electron chi connectivity index (χ2n) is 7.17. The molecule has 1 aliphatic heterocycles. The van der Waals surface area contributed by atoms with Crippen molar-refractivity contribution in [3.63, 3.8) is 0 Å². The Morgan fingerprint density at radius 2 is 1.97 bits per heavy atom. The lowest BCUT2D eigenvalue weighted by Gasteiger charge is -2.20. The second-order valence-corrected chi connectivity index (χ2v) is 7.17. The van der Waals surface area contributed by atoms with Crippen molar-refractivity contribution in [1.29, 1.82) is 0 Å². The van der Waals surface area contributed by atoms with Gasteiger partial charge in [0, 0.05) is 39.1 Å². The number of nitrogens with one attached hydrogen (secondary N) is 2. The highest BCUT2D eigenvalue weighted by Gasteiger charge is 2.15. The van der Waals surface area contributed by atoms with E-state index in [1.165, 1.54) is 5.56 Å². The van der Waals surface area contributed by atoms with Crippen molar-refractivity contribution in [2.45, 2.75) is 45.4 Å². The summed E-state index contributed by atoms with van der Waals surface area (Å²) in [6.45, 7) is 6.04.